The zero-order valence-corrected chi connectivity index (χ0v) is 13.2. The zero-order valence-electron chi connectivity index (χ0n) is 13.2. The second kappa shape index (κ2) is 5.97. The molecule has 0 aliphatic carbocycles. The maximum atomic E-state index is 11.2. The fraction of sp³-hybridized carbons (Fsp3) is 0.333. The number of ether oxygens (including phenoxy) is 3. The lowest BCUT2D eigenvalue weighted by Crippen LogP contribution is -2.46. The molecule has 0 bridgehead atoms. The minimum absolute atomic E-state index is 0.0752. The number of benzene rings is 1. The first-order valence-electron chi connectivity index (χ1n) is 6.55. The van der Waals surface area contributed by atoms with E-state index >= 15 is 0 Å². The molecule has 1 aromatic heterocycles. The molecule has 0 fully saturated rings. The number of aryl methyl sites for hydroxylation is 1. The third kappa shape index (κ3) is 2.45. The standard InChI is InChI=1S/C15H18N2O5/c1-9-6-11(15(18)19)16(2)17(9)10-7-12(20-3)14(22-5)13(8-10)21-4/h6-8H,1-5H3. The highest BCUT2D eigenvalue weighted by atomic mass is 16.5. The van der Waals surface area contributed by atoms with Gasteiger partial charge in [0.2, 0.25) is 5.75 Å². The van der Waals surface area contributed by atoms with E-state index in [1.165, 1.54) is 26.0 Å². The van der Waals surface area contributed by atoms with Crippen LogP contribution in [0.1, 0.15) is 16.2 Å². The van der Waals surface area contributed by atoms with Gasteiger partial charge in [0.1, 0.15) is 11.7 Å². The quantitative estimate of drug-likeness (QED) is 0.727. The molecule has 0 saturated carbocycles. The number of hydrogen-bond acceptors (Lipinski definition) is 5. The minimum atomic E-state index is -1.24. The van der Waals surface area contributed by atoms with Gasteiger partial charge in [-0.05, 0) is 6.92 Å². The third-order valence-electron chi connectivity index (χ3n) is 3.43. The van der Waals surface area contributed by atoms with Crippen LogP contribution in [0.3, 0.4) is 0 Å². The minimum Gasteiger partial charge on any atom is -0.539 e. The van der Waals surface area contributed by atoms with Crippen molar-refractivity contribution in [1.82, 2.24) is 4.68 Å². The molecule has 0 aliphatic rings. The Morgan fingerprint density at radius 3 is 2.00 bits per heavy atom. The molecule has 7 nitrogen and oxygen atoms in total. The van der Waals surface area contributed by atoms with Gasteiger partial charge in [0.25, 0.3) is 5.69 Å². The molecule has 1 heterocycles. The Labute approximate surface area is 128 Å². The Morgan fingerprint density at radius 2 is 1.64 bits per heavy atom. The third-order valence-corrected chi connectivity index (χ3v) is 3.43. The van der Waals surface area contributed by atoms with Crippen molar-refractivity contribution in [2.75, 3.05) is 21.3 Å². The first-order valence-corrected chi connectivity index (χ1v) is 6.55. The molecule has 0 spiro atoms. The predicted octanol–water partition coefficient (Wildman–Crippen LogP) is -0.000480. The van der Waals surface area contributed by atoms with Gasteiger partial charge in [0.15, 0.2) is 18.5 Å². The number of hydrogen-bond donors (Lipinski definition) is 0. The van der Waals surface area contributed by atoms with Crippen molar-refractivity contribution >= 4 is 5.97 Å². The van der Waals surface area contributed by atoms with E-state index in [-0.39, 0.29) is 5.69 Å². The van der Waals surface area contributed by atoms with Crippen LogP contribution in [0.2, 0.25) is 0 Å². The molecule has 0 saturated heterocycles. The van der Waals surface area contributed by atoms with Crippen LogP contribution in [0.25, 0.3) is 5.69 Å². The second-order valence-corrected chi connectivity index (χ2v) is 4.68. The molecule has 0 atom stereocenters. The Morgan fingerprint density at radius 1 is 1.09 bits per heavy atom. The summed E-state index contributed by atoms with van der Waals surface area (Å²) in [5.41, 5.74) is 1.49. The number of aromatic carboxylic acids is 1. The van der Waals surface area contributed by atoms with Crippen LogP contribution in [-0.2, 0) is 7.05 Å². The molecule has 0 N–H and O–H groups in total. The average Bonchev–Trinajstić information content (AvgIpc) is 2.80. The predicted molar refractivity (Wildman–Crippen MR) is 75.7 cm³/mol. The number of rotatable bonds is 5. The summed E-state index contributed by atoms with van der Waals surface area (Å²) in [5.74, 6) is 0.207. The maximum Gasteiger partial charge on any atom is 0.254 e. The lowest BCUT2D eigenvalue weighted by molar-refractivity contribution is -0.748. The molecule has 0 amide bonds. The Balaban J connectivity index is 2.71. The Bertz CT molecular complexity index is 696. The molecular formula is C15H18N2O5. The maximum absolute atomic E-state index is 11.2. The van der Waals surface area contributed by atoms with Gasteiger partial charge in [-0.25, -0.2) is 0 Å². The fourth-order valence-corrected chi connectivity index (χ4v) is 2.45. The summed E-state index contributed by atoms with van der Waals surface area (Å²) in [6.45, 7) is 1.80. The van der Waals surface area contributed by atoms with Gasteiger partial charge < -0.3 is 24.1 Å². The van der Waals surface area contributed by atoms with Gasteiger partial charge in [0.05, 0.1) is 27.0 Å². The highest BCUT2D eigenvalue weighted by molar-refractivity contribution is 5.81. The summed E-state index contributed by atoms with van der Waals surface area (Å²) in [6, 6.07) is 5.03. The van der Waals surface area contributed by atoms with Gasteiger partial charge in [-0.1, -0.05) is 0 Å². The molecule has 1 aromatic carbocycles. The van der Waals surface area contributed by atoms with E-state index in [1.54, 1.807) is 36.9 Å². The lowest BCUT2D eigenvalue weighted by atomic mass is 10.2. The number of carboxylic acids is 1. The van der Waals surface area contributed by atoms with Gasteiger partial charge >= 0.3 is 0 Å². The SMILES string of the molecule is COc1cc(-n2c(C)cc(C(=O)[O-])[n+]2C)cc(OC)c1OC. The number of methoxy groups -OCH3 is 3. The summed E-state index contributed by atoms with van der Waals surface area (Å²) in [7, 11) is 6.21. The molecule has 118 valence electrons. The molecule has 0 aliphatic heterocycles. The van der Waals surface area contributed by atoms with Crippen molar-refractivity contribution in [2.24, 2.45) is 7.05 Å². The topological polar surface area (TPSA) is 76.6 Å². The van der Waals surface area contributed by atoms with E-state index in [4.69, 9.17) is 14.2 Å². The molecule has 0 radical (unpaired) electrons. The molecule has 22 heavy (non-hydrogen) atoms. The van der Waals surface area contributed by atoms with Crippen LogP contribution in [0.15, 0.2) is 18.2 Å². The van der Waals surface area contributed by atoms with Gasteiger partial charge in [-0.15, -0.1) is 9.36 Å². The van der Waals surface area contributed by atoms with Crippen molar-refractivity contribution in [3.8, 4) is 22.9 Å². The molecule has 2 aromatic rings. The summed E-state index contributed by atoms with van der Waals surface area (Å²) >= 11 is 0. The summed E-state index contributed by atoms with van der Waals surface area (Å²) in [6.07, 6.45) is 0. The highest BCUT2D eigenvalue weighted by Crippen LogP contribution is 2.39. The van der Waals surface area contributed by atoms with Crippen LogP contribution in [0.5, 0.6) is 17.2 Å². The number of nitrogens with zero attached hydrogens (tertiary/aromatic N) is 2. The lowest BCUT2D eigenvalue weighted by Gasteiger charge is -2.14. The van der Waals surface area contributed by atoms with E-state index in [0.29, 0.717) is 22.9 Å². The van der Waals surface area contributed by atoms with Crippen LogP contribution >= 0.6 is 0 Å². The number of carbonyl (C=O) groups excluding carboxylic acids is 1. The molecular weight excluding hydrogens is 288 g/mol. The van der Waals surface area contributed by atoms with Crippen molar-refractivity contribution in [3.63, 3.8) is 0 Å². The van der Waals surface area contributed by atoms with Crippen LogP contribution < -0.4 is 24.0 Å². The summed E-state index contributed by atoms with van der Waals surface area (Å²) < 4.78 is 19.1. The first kappa shape index (κ1) is 15.7. The van der Waals surface area contributed by atoms with E-state index in [1.807, 2.05) is 0 Å². The van der Waals surface area contributed by atoms with Crippen molar-refractivity contribution < 1.29 is 28.8 Å². The van der Waals surface area contributed by atoms with Crippen LogP contribution in [0, 0.1) is 6.92 Å². The van der Waals surface area contributed by atoms with Crippen molar-refractivity contribution in [1.29, 1.82) is 0 Å². The fourth-order valence-electron chi connectivity index (χ4n) is 2.45. The highest BCUT2D eigenvalue weighted by Gasteiger charge is 2.22. The monoisotopic (exact) mass is 306 g/mol. The zero-order chi connectivity index (χ0) is 16.4. The largest absolute Gasteiger partial charge is 0.539 e. The van der Waals surface area contributed by atoms with Gasteiger partial charge in [0, 0.05) is 18.2 Å². The van der Waals surface area contributed by atoms with Gasteiger partial charge in [-0.3, -0.25) is 0 Å². The normalized spacial score (nSPS) is 10.4. The Hall–Kier alpha value is -2.70. The van der Waals surface area contributed by atoms with Crippen molar-refractivity contribution in [2.45, 2.75) is 6.92 Å². The second-order valence-electron chi connectivity index (χ2n) is 4.68. The summed E-state index contributed by atoms with van der Waals surface area (Å²) in [5, 5.41) is 11.2. The number of carboxylic acid groups (broad SMARTS) is 1. The van der Waals surface area contributed by atoms with E-state index < -0.39 is 5.97 Å². The van der Waals surface area contributed by atoms with Crippen LogP contribution in [0.4, 0.5) is 0 Å². The molecule has 7 heteroatoms. The summed E-state index contributed by atoms with van der Waals surface area (Å²) in [4.78, 5) is 11.2. The van der Waals surface area contributed by atoms with Gasteiger partial charge in [-0.2, -0.15) is 0 Å². The Kier molecular flexibility index (Phi) is 4.25. The number of carbonyl (C=O) groups is 1. The van der Waals surface area contributed by atoms with E-state index in [9.17, 15) is 9.90 Å². The average molecular weight is 306 g/mol. The van der Waals surface area contributed by atoms with Crippen LogP contribution in [-0.4, -0.2) is 32.0 Å². The number of aromatic nitrogens is 2. The van der Waals surface area contributed by atoms with E-state index in [0.717, 1.165) is 5.69 Å². The first-order chi connectivity index (χ1) is 10.4. The van der Waals surface area contributed by atoms with E-state index in [2.05, 4.69) is 0 Å². The van der Waals surface area contributed by atoms with Crippen molar-refractivity contribution in [3.05, 3.63) is 29.6 Å². The molecule has 2 rings (SSSR count). The molecule has 0 unspecified atom stereocenters. The smallest absolute Gasteiger partial charge is 0.254 e.